The zero-order chi connectivity index (χ0) is 22.0. The van der Waals surface area contributed by atoms with E-state index in [4.69, 9.17) is 26.8 Å². The van der Waals surface area contributed by atoms with Crippen molar-refractivity contribution >= 4 is 39.5 Å². The van der Waals surface area contributed by atoms with Gasteiger partial charge in [0.2, 0.25) is 0 Å². The van der Waals surface area contributed by atoms with Crippen molar-refractivity contribution in [3.8, 4) is 11.5 Å². The van der Waals surface area contributed by atoms with Crippen molar-refractivity contribution in [2.24, 2.45) is 10.7 Å². The van der Waals surface area contributed by atoms with Gasteiger partial charge in [-0.05, 0) is 42.8 Å². The van der Waals surface area contributed by atoms with E-state index >= 15 is 0 Å². The van der Waals surface area contributed by atoms with Crippen LogP contribution in [0.3, 0.4) is 0 Å². The van der Waals surface area contributed by atoms with Crippen LogP contribution >= 0.6 is 27.5 Å². The van der Waals surface area contributed by atoms with Gasteiger partial charge in [-0.15, -0.1) is 0 Å². The molecule has 1 atom stereocenters. The van der Waals surface area contributed by atoms with Crippen LogP contribution in [0.15, 0.2) is 64.1 Å². The zero-order valence-corrected chi connectivity index (χ0v) is 18.4. The molecule has 0 spiro atoms. The van der Waals surface area contributed by atoms with Crippen molar-refractivity contribution in [2.75, 3.05) is 6.61 Å². The highest BCUT2D eigenvalue weighted by atomic mass is 79.9. The molecule has 1 unspecified atom stereocenters. The first-order chi connectivity index (χ1) is 14.9. The molecule has 0 aliphatic carbocycles. The lowest BCUT2D eigenvalue weighted by atomic mass is 9.86. The van der Waals surface area contributed by atoms with Gasteiger partial charge in [-0.2, -0.15) is 9.38 Å². The molecule has 0 bridgehead atoms. The van der Waals surface area contributed by atoms with Crippen molar-refractivity contribution in [1.82, 2.24) is 4.98 Å². The van der Waals surface area contributed by atoms with Gasteiger partial charge in [0.05, 0.1) is 6.61 Å². The van der Waals surface area contributed by atoms with Crippen LogP contribution in [0.2, 0.25) is 5.15 Å². The third-order valence-electron chi connectivity index (χ3n) is 4.75. The number of hydrogen-bond acceptors (Lipinski definition) is 4. The number of aliphatic imine (C=N–C) groups is 1. The van der Waals surface area contributed by atoms with Crippen LogP contribution in [-0.2, 0) is 4.74 Å². The van der Waals surface area contributed by atoms with Crippen LogP contribution < -0.4 is 10.5 Å². The van der Waals surface area contributed by atoms with E-state index < -0.39 is 11.9 Å². The van der Waals surface area contributed by atoms with Crippen LogP contribution in [0.5, 0.6) is 11.5 Å². The Morgan fingerprint density at radius 2 is 2.00 bits per heavy atom. The Morgan fingerprint density at radius 1 is 1.23 bits per heavy atom. The molecule has 1 aromatic heterocycles. The molecule has 6 nitrogen and oxygen atoms in total. The Balaban J connectivity index is 1.54. The van der Waals surface area contributed by atoms with Gasteiger partial charge in [-0.1, -0.05) is 45.7 Å². The average Bonchev–Trinajstić information content (AvgIpc) is 2.74. The molecule has 0 saturated heterocycles. The number of aromatic nitrogens is 1. The van der Waals surface area contributed by atoms with Gasteiger partial charge in [-0.3, -0.25) is 4.79 Å². The fraction of sp³-hybridized carbons (Fsp3) is 0.136. The van der Waals surface area contributed by atoms with Gasteiger partial charge in [0.25, 0.3) is 17.9 Å². The number of nitrogens with zero attached hydrogens (tertiary/aromatic N) is 2. The van der Waals surface area contributed by atoms with E-state index in [2.05, 4.69) is 25.9 Å². The smallest absolute Gasteiger partial charge is 0.290 e. The van der Waals surface area contributed by atoms with E-state index in [-0.39, 0.29) is 29.4 Å². The number of carbonyl (C=O) groups is 1. The van der Waals surface area contributed by atoms with Gasteiger partial charge in [0.15, 0.2) is 5.75 Å². The monoisotopic (exact) mass is 503 g/mol. The predicted molar refractivity (Wildman–Crippen MR) is 118 cm³/mol. The Kier molecular flexibility index (Phi) is 6.20. The number of halogens is 3. The Hall–Kier alpha value is -2.97. The highest BCUT2D eigenvalue weighted by Gasteiger charge is 2.31. The highest BCUT2D eigenvalue weighted by Crippen LogP contribution is 2.47. The number of rotatable bonds is 4. The highest BCUT2D eigenvalue weighted by molar-refractivity contribution is 9.10. The van der Waals surface area contributed by atoms with E-state index in [1.807, 2.05) is 6.07 Å². The fourth-order valence-electron chi connectivity index (χ4n) is 3.38. The van der Waals surface area contributed by atoms with Crippen molar-refractivity contribution in [3.05, 3.63) is 86.9 Å². The molecule has 2 aromatic carbocycles. The normalized spacial score (nSPS) is 14.9. The standard InChI is InChI=1S/C22H16BrClFN3O3/c23-13-6-7-17-15(10-13)14(16-11-18(24)27-20(25)19(16)31-17)8-9-30-22(26)28-21(29)12-4-2-1-3-5-12/h1-7,10-11,14H,8-9H2,(H2,26,28,29). The summed E-state index contributed by atoms with van der Waals surface area (Å²) in [5.41, 5.74) is 7.57. The summed E-state index contributed by atoms with van der Waals surface area (Å²) < 4.78 is 26.4. The van der Waals surface area contributed by atoms with E-state index in [0.29, 0.717) is 23.3 Å². The molecular weight excluding hydrogens is 489 g/mol. The molecule has 2 heterocycles. The second-order valence-corrected chi connectivity index (χ2v) is 8.05. The fourth-order valence-corrected chi connectivity index (χ4v) is 3.95. The van der Waals surface area contributed by atoms with E-state index in [1.165, 1.54) is 0 Å². The lowest BCUT2D eigenvalue weighted by molar-refractivity contribution is 0.0998. The lowest BCUT2D eigenvalue weighted by Gasteiger charge is -2.28. The predicted octanol–water partition coefficient (Wildman–Crippen LogP) is 5.44. The lowest BCUT2D eigenvalue weighted by Crippen LogP contribution is -2.21. The van der Waals surface area contributed by atoms with Crippen molar-refractivity contribution in [1.29, 1.82) is 0 Å². The maximum Gasteiger partial charge on any atom is 0.290 e. The number of nitrogens with two attached hydrogens (primary N) is 1. The second-order valence-electron chi connectivity index (χ2n) is 6.75. The van der Waals surface area contributed by atoms with Crippen LogP contribution in [0.4, 0.5) is 4.39 Å². The SMILES string of the molecule is NC(=NC(=O)c1ccccc1)OCCC1c2cc(Br)ccc2Oc2c1cc(Cl)nc2F. The molecule has 0 radical (unpaired) electrons. The van der Waals surface area contributed by atoms with Crippen LogP contribution in [0.1, 0.15) is 33.8 Å². The number of fused-ring (bicyclic) bond motifs is 2. The van der Waals surface area contributed by atoms with Gasteiger partial charge in [-0.25, -0.2) is 4.98 Å². The molecule has 1 aliphatic heterocycles. The Labute approximate surface area is 191 Å². The van der Waals surface area contributed by atoms with E-state index in [0.717, 1.165) is 10.0 Å². The molecule has 1 amide bonds. The number of amidine groups is 1. The maximum absolute atomic E-state index is 14.4. The summed E-state index contributed by atoms with van der Waals surface area (Å²) in [6.45, 7) is 0.134. The summed E-state index contributed by atoms with van der Waals surface area (Å²) in [7, 11) is 0. The summed E-state index contributed by atoms with van der Waals surface area (Å²) in [5.74, 6) is -1.01. The Bertz CT molecular complexity index is 1170. The molecule has 9 heteroatoms. The third kappa shape index (κ3) is 4.70. The quantitative estimate of drug-likeness (QED) is 0.291. The molecular formula is C22H16BrClFN3O3. The molecule has 2 N–H and O–H groups in total. The van der Waals surface area contributed by atoms with Gasteiger partial charge in [0.1, 0.15) is 10.9 Å². The van der Waals surface area contributed by atoms with Gasteiger partial charge < -0.3 is 15.2 Å². The molecule has 3 aromatic rings. The molecule has 158 valence electrons. The number of hydrogen-bond donors (Lipinski definition) is 1. The molecule has 31 heavy (non-hydrogen) atoms. The topological polar surface area (TPSA) is 86.8 Å². The summed E-state index contributed by atoms with van der Waals surface area (Å²) in [4.78, 5) is 19.5. The summed E-state index contributed by atoms with van der Waals surface area (Å²) in [6.07, 6.45) is 0.412. The van der Waals surface area contributed by atoms with Crippen LogP contribution in [0.25, 0.3) is 0 Å². The van der Waals surface area contributed by atoms with Gasteiger partial charge in [0, 0.05) is 27.1 Å². The van der Waals surface area contributed by atoms with Gasteiger partial charge >= 0.3 is 0 Å². The van der Waals surface area contributed by atoms with Crippen LogP contribution in [0, 0.1) is 5.95 Å². The second kappa shape index (κ2) is 9.03. The first kappa shape index (κ1) is 21.3. The van der Waals surface area contributed by atoms with Crippen LogP contribution in [-0.4, -0.2) is 23.5 Å². The average molecular weight is 505 g/mol. The van der Waals surface area contributed by atoms with E-state index in [1.54, 1.807) is 48.5 Å². The summed E-state index contributed by atoms with van der Waals surface area (Å²) in [5, 5.41) is 0.0266. The van der Waals surface area contributed by atoms with Crippen molar-refractivity contribution in [2.45, 2.75) is 12.3 Å². The number of carbonyl (C=O) groups excluding carboxylic acids is 1. The minimum atomic E-state index is -0.781. The molecule has 0 fully saturated rings. The van der Waals surface area contributed by atoms with Crippen molar-refractivity contribution in [3.63, 3.8) is 0 Å². The third-order valence-corrected chi connectivity index (χ3v) is 5.44. The minimum absolute atomic E-state index is 0.0266. The molecule has 4 rings (SSSR count). The molecule has 1 aliphatic rings. The summed E-state index contributed by atoms with van der Waals surface area (Å²) >= 11 is 9.43. The Morgan fingerprint density at radius 3 is 2.77 bits per heavy atom. The first-order valence-electron chi connectivity index (χ1n) is 9.32. The van der Waals surface area contributed by atoms with Crippen molar-refractivity contribution < 1.29 is 18.7 Å². The zero-order valence-electron chi connectivity index (χ0n) is 16.0. The largest absolute Gasteiger partial charge is 0.465 e. The maximum atomic E-state index is 14.4. The summed E-state index contributed by atoms with van der Waals surface area (Å²) in [6, 6.07) is 15.3. The van der Waals surface area contributed by atoms with E-state index in [9.17, 15) is 9.18 Å². The number of ether oxygens (including phenoxy) is 2. The number of benzene rings is 2. The number of amides is 1. The first-order valence-corrected chi connectivity index (χ1v) is 10.5. The minimum Gasteiger partial charge on any atom is -0.465 e. The number of pyridine rings is 1. The molecule has 0 saturated carbocycles.